The van der Waals surface area contributed by atoms with Crippen LogP contribution >= 0.6 is 0 Å². The zero-order chi connectivity index (χ0) is 16.4. The Balaban J connectivity index is 4.96. The van der Waals surface area contributed by atoms with Crippen LogP contribution in [-0.2, 0) is 4.43 Å². The predicted octanol–water partition coefficient (Wildman–Crippen LogP) is 5.37. The molecule has 0 N–H and O–H groups in total. The Morgan fingerprint density at radius 3 is 1.65 bits per heavy atom. The van der Waals surface area contributed by atoms with E-state index in [-0.39, 0.29) is 0 Å². The quantitative estimate of drug-likeness (QED) is 0.581. The first kappa shape index (κ1) is 20.6. The van der Waals surface area contributed by atoms with Gasteiger partial charge in [0.15, 0.2) is 8.32 Å². The summed E-state index contributed by atoms with van der Waals surface area (Å²) in [5, 5.41) is 0.432. The van der Waals surface area contributed by atoms with E-state index in [1.54, 1.807) is 0 Å². The van der Waals surface area contributed by atoms with Crippen molar-refractivity contribution in [1.82, 2.24) is 4.23 Å². The van der Waals surface area contributed by atoms with Gasteiger partial charge in [-0.2, -0.15) is 0 Å². The third-order valence-electron chi connectivity index (χ3n) is 5.03. The average Bonchev–Trinajstić information content (AvgIpc) is 2.20. The smallest absolute Gasteiger partial charge is 0.186 e. The average molecular weight is 334 g/mol. The maximum atomic E-state index is 5.70. The van der Waals surface area contributed by atoms with Gasteiger partial charge in [0, 0.05) is 7.11 Å². The normalized spacial score (nSPS) is 15.0. The van der Waals surface area contributed by atoms with Crippen LogP contribution in [0.3, 0.4) is 0 Å². The molecule has 0 fully saturated rings. The molecular weight excluding hydrogens is 294 g/mol. The van der Waals surface area contributed by atoms with Gasteiger partial charge in [-0.05, 0) is 37.1 Å². The first-order valence-corrected chi connectivity index (χ1v) is 17.5. The standard InChI is InChI=1S/C15H39NOSi3/c1-15(2,3)20(10,11)16(18(5,6)7)13-12-14-19(8,9)17-4/h12-14H2,1-11H3. The van der Waals surface area contributed by atoms with E-state index in [2.05, 4.69) is 70.8 Å². The highest BCUT2D eigenvalue weighted by Crippen LogP contribution is 2.40. The molecule has 0 aliphatic carbocycles. The highest BCUT2D eigenvalue weighted by atomic mass is 28.4. The molecule has 0 spiro atoms. The van der Waals surface area contributed by atoms with Gasteiger partial charge in [-0.15, -0.1) is 0 Å². The molecule has 0 heterocycles. The molecule has 0 saturated heterocycles. The van der Waals surface area contributed by atoms with Crippen molar-refractivity contribution in [3.63, 3.8) is 0 Å². The van der Waals surface area contributed by atoms with Gasteiger partial charge in [0.05, 0.1) is 0 Å². The van der Waals surface area contributed by atoms with Crippen LogP contribution in [0.25, 0.3) is 0 Å². The second-order valence-corrected chi connectivity index (χ2v) is 24.1. The molecule has 5 heteroatoms. The van der Waals surface area contributed by atoms with Gasteiger partial charge in [0.25, 0.3) is 0 Å². The van der Waals surface area contributed by atoms with Crippen LogP contribution in [0.5, 0.6) is 0 Å². The van der Waals surface area contributed by atoms with E-state index >= 15 is 0 Å². The molecule has 0 amide bonds. The highest BCUT2D eigenvalue weighted by Gasteiger charge is 2.45. The van der Waals surface area contributed by atoms with Gasteiger partial charge in [0.1, 0.15) is 16.5 Å². The fourth-order valence-corrected chi connectivity index (χ4v) is 13.9. The molecule has 0 unspecified atom stereocenters. The van der Waals surface area contributed by atoms with Gasteiger partial charge in [-0.1, -0.05) is 53.5 Å². The van der Waals surface area contributed by atoms with Gasteiger partial charge >= 0.3 is 0 Å². The molecule has 0 rings (SSSR count). The van der Waals surface area contributed by atoms with Gasteiger partial charge in [-0.3, -0.25) is 0 Å². The van der Waals surface area contributed by atoms with Crippen molar-refractivity contribution in [3.8, 4) is 0 Å². The minimum absolute atomic E-state index is 0.432. The fraction of sp³-hybridized carbons (Fsp3) is 1.00. The molecule has 122 valence electrons. The third kappa shape index (κ3) is 5.75. The number of nitrogens with zero attached hydrogens (tertiary/aromatic N) is 1. The summed E-state index contributed by atoms with van der Waals surface area (Å²) >= 11 is 0. The van der Waals surface area contributed by atoms with Crippen LogP contribution in [0.1, 0.15) is 27.2 Å². The van der Waals surface area contributed by atoms with E-state index in [1.165, 1.54) is 19.0 Å². The minimum Gasteiger partial charge on any atom is -0.420 e. The van der Waals surface area contributed by atoms with Crippen LogP contribution in [-0.4, -0.2) is 42.7 Å². The Labute approximate surface area is 131 Å². The van der Waals surface area contributed by atoms with Crippen molar-refractivity contribution >= 4 is 24.8 Å². The Hall–Kier alpha value is 0.571. The van der Waals surface area contributed by atoms with E-state index in [4.69, 9.17) is 4.43 Å². The summed E-state index contributed by atoms with van der Waals surface area (Å²) in [4.78, 5) is 0. The van der Waals surface area contributed by atoms with Crippen LogP contribution in [0.4, 0.5) is 0 Å². The minimum atomic E-state index is -1.41. The number of rotatable bonds is 7. The molecule has 20 heavy (non-hydrogen) atoms. The van der Waals surface area contributed by atoms with Crippen LogP contribution in [0.15, 0.2) is 0 Å². The van der Waals surface area contributed by atoms with Gasteiger partial charge in [-0.25, -0.2) is 0 Å². The molecule has 0 saturated carbocycles. The maximum absolute atomic E-state index is 5.70. The zero-order valence-corrected chi connectivity index (χ0v) is 19.0. The summed E-state index contributed by atoms with van der Waals surface area (Å²) in [5.41, 5.74) is 0. The Morgan fingerprint density at radius 1 is 0.900 bits per heavy atom. The molecule has 0 bridgehead atoms. The summed E-state index contributed by atoms with van der Waals surface area (Å²) in [5.74, 6) is 0. The predicted molar refractivity (Wildman–Crippen MR) is 101 cm³/mol. The van der Waals surface area contributed by atoms with E-state index in [1.807, 2.05) is 7.11 Å². The summed E-state index contributed by atoms with van der Waals surface area (Å²) in [6.45, 7) is 25.9. The summed E-state index contributed by atoms with van der Waals surface area (Å²) in [6.07, 6.45) is 1.30. The first-order valence-electron chi connectivity index (χ1n) is 7.98. The lowest BCUT2D eigenvalue weighted by Crippen LogP contribution is -2.64. The van der Waals surface area contributed by atoms with Gasteiger partial charge < -0.3 is 8.66 Å². The van der Waals surface area contributed by atoms with Crippen molar-refractivity contribution in [2.24, 2.45) is 0 Å². The Bertz CT molecular complexity index is 303. The second-order valence-electron chi connectivity index (χ2n) is 9.20. The van der Waals surface area contributed by atoms with E-state index in [0.717, 1.165) is 0 Å². The van der Waals surface area contributed by atoms with Crippen LogP contribution < -0.4 is 0 Å². The third-order valence-corrected chi connectivity index (χ3v) is 18.5. The number of hydrogen-bond acceptors (Lipinski definition) is 2. The SMILES string of the molecule is CO[Si](C)(C)CCCN([Si](C)(C)C)[Si](C)(C)C(C)(C)C. The van der Waals surface area contributed by atoms with Crippen LogP contribution in [0.2, 0.25) is 56.9 Å². The fourth-order valence-electron chi connectivity index (χ4n) is 2.62. The Kier molecular flexibility index (Phi) is 6.96. The van der Waals surface area contributed by atoms with Crippen molar-refractivity contribution in [3.05, 3.63) is 0 Å². The van der Waals surface area contributed by atoms with Crippen molar-refractivity contribution in [2.45, 2.75) is 84.1 Å². The molecule has 0 atom stereocenters. The summed E-state index contributed by atoms with van der Waals surface area (Å²) in [7, 11) is -2.19. The van der Waals surface area contributed by atoms with Crippen LogP contribution in [0, 0.1) is 0 Å². The van der Waals surface area contributed by atoms with Crippen molar-refractivity contribution in [1.29, 1.82) is 0 Å². The summed E-state index contributed by atoms with van der Waals surface area (Å²) in [6, 6.07) is 1.28. The first-order chi connectivity index (χ1) is 8.65. The molecule has 0 aromatic rings. The molecular formula is C15H39NOSi3. The van der Waals surface area contributed by atoms with Crippen molar-refractivity contribution < 1.29 is 4.43 Å². The molecule has 0 aliphatic rings. The van der Waals surface area contributed by atoms with E-state index < -0.39 is 24.8 Å². The monoisotopic (exact) mass is 333 g/mol. The molecule has 0 aliphatic heterocycles. The second kappa shape index (κ2) is 6.77. The van der Waals surface area contributed by atoms with E-state index in [0.29, 0.717) is 5.04 Å². The Morgan fingerprint density at radius 2 is 1.35 bits per heavy atom. The lowest BCUT2D eigenvalue weighted by molar-refractivity contribution is 0.399. The maximum Gasteiger partial charge on any atom is 0.186 e. The number of hydrogen-bond donors (Lipinski definition) is 0. The lowest BCUT2D eigenvalue weighted by atomic mass is 10.2. The molecule has 2 nitrogen and oxygen atoms in total. The summed E-state index contributed by atoms with van der Waals surface area (Å²) < 4.78 is 8.66. The highest BCUT2D eigenvalue weighted by molar-refractivity contribution is 6.91. The topological polar surface area (TPSA) is 12.5 Å². The van der Waals surface area contributed by atoms with Crippen molar-refractivity contribution in [2.75, 3.05) is 13.7 Å². The molecule has 0 radical (unpaired) electrons. The zero-order valence-electron chi connectivity index (χ0n) is 16.0. The largest absolute Gasteiger partial charge is 0.420 e. The molecule has 0 aromatic carbocycles. The van der Waals surface area contributed by atoms with Gasteiger partial charge in [0.2, 0.25) is 0 Å². The lowest BCUT2D eigenvalue weighted by Gasteiger charge is -2.52. The van der Waals surface area contributed by atoms with E-state index in [9.17, 15) is 0 Å². The molecule has 0 aromatic heterocycles.